The Morgan fingerprint density at radius 2 is 1.89 bits per heavy atom. The monoisotopic (exact) mass is 259 g/mol. The summed E-state index contributed by atoms with van der Waals surface area (Å²) in [5.74, 6) is 0. The topological polar surface area (TPSA) is 37.0 Å². The minimum atomic E-state index is 0.240. The van der Waals surface area contributed by atoms with Gasteiger partial charge in [-0.15, -0.1) is 0 Å². The zero-order chi connectivity index (χ0) is 12.4. The molecule has 1 aliphatic rings. The molecule has 0 bridgehead atoms. The van der Waals surface area contributed by atoms with Crippen molar-refractivity contribution in [1.29, 1.82) is 0 Å². The number of nitrogens with zero attached hydrogens (tertiary/aromatic N) is 1. The molecule has 18 heavy (non-hydrogen) atoms. The fourth-order valence-electron chi connectivity index (χ4n) is 2.32. The summed E-state index contributed by atoms with van der Waals surface area (Å²) in [6.07, 6.45) is 4.65. The van der Waals surface area contributed by atoms with Crippen molar-refractivity contribution in [3.8, 4) is 0 Å². The second-order valence-electron chi connectivity index (χ2n) is 4.44. The number of rotatable bonds is 2. The molecule has 3 rings (SSSR count). The van der Waals surface area contributed by atoms with E-state index in [0.717, 1.165) is 17.0 Å². The van der Waals surface area contributed by atoms with Crippen LogP contribution in [-0.2, 0) is 0 Å². The Labute approximate surface area is 111 Å². The maximum atomic E-state index is 6.22. The number of nitrogens with one attached hydrogen (secondary N) is 2. The summed E-state index contributed by atoms with van der Waals surface area (Å²) < 4.78 is 0. The zero-order valence-electron chi connectivity index (χ0n) is 9.81. The quantitative estimate of drug-likeness (QED) is 0.871. The molecule has 0 amide bonds. The van der Waals surface area contributed by atoms with Gasteiger partial charge in [-0.2, -0.15) is 0 Å². The maximum absolute atomic E-state index is 6.22. The van der Waals surface area contributed by atoms with Gasteiger partial charge in [-0.1, -0.05) is 35.9 Å². The van der Waals surface area contributed by atoms with Gasteiger partial charge in [0.15, 0.2) is 0 Å². The fourth-order valence-corrected chi connectivity index (χ4v) is 2.59. The van der Waals surface area contributed by atoms with Crippen LogP contribution >= 0.6 is 11.6 Å². The van der Waals surface area contributed by atoms with E-state index in [-0.39, 0.29) is 12.1 Å². The van der Waals surface area contributed by atoms with Crippen LogP contribution in [0.2, 0.25) is 5.02 Å². The third-order valence-corrected chi connectivity index (χ3v) is 3.61. The van der Waals surface area contributed by atoms with Gasteiger partial charge < -0.3 is 0 Å². The SMILES string of the molecule is Clc1ccccc1C1CC(c2cccnc2)NN1. The summed E-state index contributed by atoms with van der Waals surface area (Å²) in [5, 5.41) is 0.809. The van der Waals surface area contributed by atoms with E-state index in [1.165, 1.54) is 5.56 Å². The van der Waals surface area contributed by atoms with Crippen molar-refractivity contribution >= 4 is 11.6 Å². The third kappa shape index (κ3) is 2.25. The minimum absolute atomic E-state index is 0.240. The molecule has 2 heterocycles. The van der Waals surface area contributed by atoms with Crippen LogP contribution < -0.4 is 10.9 Å². The van der Waals surface area contributed by atoms with Crippen LogP contribution in [0.5, 0.6) is 0 Å². The van der Waals surface area contributed by atoms with E-state index in [1.807, 2.05) is 30.5 Å². The molecule has 0 spiro atoms. The number of aromatic nitrogens is 1. The molecule has 4 heteroatoms. The van der Waals surface area contributed by atoms with Crippen molar-refractivity contribution < 1.29 is 0 Å². The molecular weight excluding hydrogens is 246 g/mol. The molecule has 1 saturated heterocycles. The molecule has 1 fully saturated rings. The first-order valence-corrected chi connectivity index (χ1v) is 6.38. The normalized spacial score (nSPS) is 23.2. The maximum Gasteiger partial charge on any atom is 0.0496 e. The number of benzene rings is 1. The van der Waals surface area contributed by atoms with Crippen molar-refractivity contribution in [3.05, 3.63) is 64.9 Å². The van der Waals surface area contributed by atoms with E-state index in [9.17, 15) is 0 Å². The molecular formula is C14H14ClN3. The van der Waals surface area contributed by atoms with Gasteiger partial charge in [-0.3, -0.25) is 4.98 Å². The minimum Gasteiger partial charge on any atom is -0.264 e. The smallest absolute Gasteiger partial charge is 0.0496 e. The summed E-state index contributed by atoms with van der Waals surface area (Å²) in [6, 6.07) is 12.5. The van der Waals surface area contributed by atoms with Crippen LogP contribution in [0.1, 0.15) is 29.6 Å². The average molecular weight is 260 g/mol. The predicted octanol–water partition coefficient (Wildman–Crippen LogP) is 3.02. The number of hydrazine groups is 1. The van der Waals surface area contributed by atoms with Crippen molar-refractivity contribution in [2.75, 3.05) is 0 Å². The van der Waals surface area contributed by atoms with Gasteiger partial charge in [0, 0.05) is 29.5 Å². The summed E-state index contributed by atoms with van der Waals surface area (Å²) in [4.78, 5) is 4.15. The predicted molar refractivity (Wildman–Crippen MR) is 72.1 cm³/mol. The van der Waals surface area contributed by atoms with Crippen LogP contribution in [0, 0.1) is 0 Å². The Hall–Kier alpha value is -1.42. The molecule has 3 nitrogen and oxygen atoms in total. The molecule has 2 unspecified atom stereocenters. The van der Waals surface area contributed by atoms with Crippen molar-refractivity contribution in [2.24, 2.45) is 0 Å². The zero-order valence-corrected chi connectivity index (χ0v) is 10.6. The molecule has 1 aromatic heterocycles. The summed E-state index contributed by atoms with van der Waals surface area (Å²) in [5.41, 5.74) is 8.93. The lowest BCUT2D eigenvalue weighted by Crippen LogP contribution is -2.26. The van der Waals surface area contributed by atoms with Crippen LogP contribution in [-0.4, -0.2) is 4.98 Å². The Bertz CT molecular complexity index is 530. The molecule has 2 atom stereocenters. The average Bonchev–Trinajstić information content (AvgIpc) is 2.90. The van der Waals surface area contributed by atoms with E-state index < -0.39 is 0 Å². The standard InChI is InChI=1S/C14H14ClN3/c15-12-6-2-1-5-11(12)14-8-13(17-18-14)10-4-3-7-16-9-10/h1-7,9,13-14,17-18H,8H2. The largest absolute Gasteiger partial charge is 0.264 e. The summed E-state index contributed by atoms with van der Waals surface area (Å²) >= 11 is 6.22. The highest BCUT2D eigenvalue weighted by atomic mass is 35.5. The number of pyridine rings is 1. The first kappa shape index (κ1) is 11.7. The van der Waals surface area contributed by atoms with Crippen molar-refractivity contribution in [3.63, 3.8) is 0 Å². The van der Waals surface area contributed by atoms with Gasteiger partial charge in [0.2, 0.25) is 0 Å². The van der Waals surface area contributed by atoms with Crippen LogP contribution in [0.15, 0.2) is 48.8 Å². The van der Waals surface area contributed by atoms with Gasteiger partial charge in [0.1, 0.15) is 0 Å². The highest BCUT2D eigenvalue weighted by molar-refractivity contribution is 6.31. The van der Waals surface area contributed by atoms with E-state index in [2.05, 4.69) is 28.0 Å². The van der Waals surface area contributed by atoms with Gasteiger partial charge in [0.05, 0.1) is 0 Å². The molecule has 0 radical (unpaired) electrons. The van der Waals surface area contributed by atoms with E-state index >= 15 is 0 Å². The number of hydrogen-bond donors (Lipinski definition) is 2. The Morgan fingerprint density at radius 3 is 2.67 bits per heavy atom. The highest BCUT2D eigenvalue weighted by Crippen LogP contribution is 2.33. The van der Waals surface area contributed by atoms with Gasteiger partial charge in [0.25, 0.3) is 0 Å². The van der Waals surface area contributed by atoms with Crippen LogP contribution in [0.3, 0.4) is 0 Å². The molecule has 1 aromatic carbocycles. The van der Waals surface area contributed by atoms with Crippen LogP contribution in [0.4, 0.5) is 0 Å². The Morgan fingerprint density at radius 1 is 1.06 bits per heavy atom. The fraction of sp³-hybridized carbons (Fsp3) is 0.214. The molecule has 0 saturated carbocycles. The van der Waals surface area contributed by atoms with E-state index in [1.54, 1.807) is 6.20 Å². The second kappa shape index (κ2) is 5.06. The number of halogens is 1. The molecule has 0 aliphatic carbocycles. The lowest BCUT2D eigenvalue weighted by Gasteiger charge is -2.11. The first-order valence-electron chi connectivity index (χ1n) is 6.00. The van der Waals surface area contributed by atoms with E-state index in [0.29, 0.717) is 0 Å². The van der Waals surface area contributed by atoms with Crippen LogP contribution in [0.25, 0.3) is 0 Å². The lowest BCUT2D eigenvalue weighted by atomic mass is 9.99. The van der Waals surface area contributed by atoms with Gasteiger partial charge in [-0.25, -0.2) is 10.9 Å². The number of hydrogen-bond acceptors (Lipinski definition) is 3. The molecule has 2 aromatic rings. The van der Waals surface area contributed by atoms with E-state index in [4.69, 9.17) is 11.6 Å². The van der Waals surface area contributed by atoms with Crippen molar-refractivity contribution in [2.45, 2.75) is 18.5 Å². The second-order valence-corrected chi connectivity index (χ2v) is 4.84. The third-order valence-electron chi connectivity index (χ3n) is 3.27. The van der Waals surface area contributed by atoms with Gasteiger partial charge in [-0.05, 0) is 29.7 Å². The molecule has 2 N–H and O–H groups in total. The molecule has 1 aliphatic heterocycles. The lowest BCUT2D eigenvalue weighted by molar-refractivity contribution is 0.554. The first-order chi connectivity index (χ1) is 8.84. The highest BCUT2D eigenvalue weighted by Gasteiger charge is 2.27. The molecule has 92 valence electrons. The summed E-state index contributed by atoms with van der Waals surface area (Å²) in [6.45, 7) is 0. The Kier molecular flexibility index (Phi) is 3.28. The Balaban J connectivity index is 1.78. The summed E-state index contributed by atoms with van der Waals surface area (Å²) in [7, 11) is 0. The van der Waals surface area contributed by atoms with Gasteiger partial charge >= 0.3 is 0 Å². The van der Waals surface area contributed by atoms with Crippen molar-refractivity contribution in [1.82, 2.24) is 15.8 Å².